The van der Waals surface area contributed by atoms with E-state index in [0.717, 1.165) is 21.7 Å². The molecule has 17 heavy (non-hydrogen) atoms. The molecule has 0 amide bonds. The van der Waals surface area contributed by atoms with E-state index in [9.17, 15) is 0 Å². The summed E-state index contributed by atoms with van der Waals surface area (Å²) in [4.78, 5) is 5.55. The van der Waals surface area contributed by atoms with Crippen LogP contribution >= 0.6 is 22.9 Å². The van der Waals surface area contributed by atoms with Gasteiger partial charge in [-0.05, 0) is 32.9 Å². The van der Waals surface area contributed by atoms with Gasteiger partial charge >= 0.3 is 0 Å². The maximum atomic E-state index is 5.91. The molecule has 0 aromatic carbocycles. The third kappa shape index (κ3) is 3.09. The number of hydrogen-bond acceptors (Lipinski definition) is 4. The standard InChI is InChI=1S/C12H15ClN2OS/c1-7-9(3)16-12(15-7)6-14-8(2)10-4-5-11(13)17-10/h4-5,8,14H,6H2,1-3H3. The molecule has 0 aliphatic heterocycles. The summed E-state index contributed by atoms with van der Waals surface area (Å²) in [6.45, 7) is 6.61. The lowest BCUT2D eigenvalue weighted by Crippen LogP contribution is -2.17. The van der Waals surface area contributed by atoms with Crippen LogP contribution in [-0.4, -0.2) is 4.98 Å². The van der Waals surface area contributed by atoms with Crippen molar-refractivity contribution in [2.24, 2.45) is 0 Å². The fourth-order valence-electron chi connectivity index (χ4n) is 1.52. The summed E-state index contributed by atoms with van der Waals surface area (Å²) < 4.78 is 6.33. The van der Waals surface area contributed by atoms with E-state index in [1.807, 2.05) is 26.0 Å². The van der Waals surface area contributed by atoms with Crippen LogP contribution in [0, 0.1) is 13.8 Å². The molecule has 0 bridgehead atoms. The van der Waals surface area contributed by atoms with Crippen LogP contribution in [-0.2, 0) is 6.54 Å². The van der Waals surface area contributed by atoms with Gasteiger partial charge in [-0.2, -0.15) is 0 Å². The Balaban J connectivity index is 1.94. The normalized spacial score (nSPS) is 12.9. The number of halogens is 1. The Morgan fingerprint density at radius 1 is 1.47 bits per heavy atom. The van der Waals surface area contributed by atoms with Gasteiger partial charge in [0.05, 0.1) is 16.6 Å². The van der Waals surface area contributed by atoms with Gasteiger partial charge in [-0.1, -0.05) is 11.6 Å². The van der Waals surface area contributed by atoms with Gasteiger partial charge in [0, 0.05) is 10.9 Å². The van der Waals surface area contributed by atoms with E-state index in [-0.39, 0.29) is 6.04 Å². The van der Waals surface area contributed by atoms with E-state index < -0.39 is 0 Å². The summed E-state index contributed by atoms with van der Waals surface area (Å²) >= 11 is 7.50. The number of nitrogens with one attached hydrogen (secondary N) is 1. The molecule has 2 aromatic rings. The number of thiophene rings is 1. The number of nitrogens with zero attached hydrogens (tertiary/aromatic N) is 1. The molecule has 0 fully saturated rings. The van der Waals surface area contributed by atoms with Gasteiger partial charge in [0.15, 0.2) is 0 Å². The molecule has 0 saturated heterocycles. The zero-order valence-electron chi connectivity index (χ0n) is 10.1. The Labute approximate surface area is 110 Å². The highest BCUT2D eigenvalue weighted by atomic mass is 35.5. The van der Waals surface area contributed by atoms with Crippen molar-refractivity contribution in [2.75, 3.05) is 0 Å². The van der Waals surface area contributed by atoms with Gasteiger partial charge in [0.1, 0.15) is 5.76 Å². The molecular weight excluding hydrogens is 256 g/mol. The molecule has 92 valence electrons. The smallest absolute Gasteiger partial charge is 0.208 e. The Kier molecular flexibility index (Phi) is 3.86. The maximum absolute atomic E-state index is 5.91. The lowest BCUT2D eigenvalue weighted by Gasteiger charge is -2.09. The number of aromatic nitrogens is 1. The Morgan fingerprint density at radius 2 is 2.24 bits per heavy atom. The molecule has 1 unspecified atom stereocenters. The highest BCUT2D eigenvalue weighted by Crippen LogP contribution is 2.26. The van der Waals surface area contributed by atoms with Crippen molar-refractivity contribution in [3.8, 4) is 0 Å². The van der Waals surface area contributed by atoms with Crippen LogP contribution in [0.4, 0.5) is 0 Å². The zero-order chi connectivity index (χ0) is 12.4. The molecule has 0 saturated carbocycles. The Bertz CT molecular complexity index is 487. The Morgan fingerprint density at radius 3 is 2.76 bits per heavy atom. The number of rotatable bonds is 4. The van der Waals surface area contributed by atoms with Crippen molar-refractivity contribution >= 4 is 22.9 Å². The van der Waals surface area contributed by atoms with E-state index in [1.165, 1.54) is 4.88 Å². The number of hydrogen-bond donors (Lipinski definition) is 1. The lowest BCUT2D eigenvalue weighted by atomic mass is 10.3. The van der Waals surface area contributed by atoms with Crippen LogP contribution in [0.25, 0.3) is 0 Å². The van der Waals surface area contributed by atoms with E-state index >= 15 is 0 Å². The molecule has 0 spiro atoms. The quantitative estimate of drug-likeness (QED) is 0.917. The van der Waals surface area contributed by atoms with Crippen molar-refractivity contribution in [3.05, 3.63) is 38.7 Å². The Hall–Kier alpha value is -0.840. The minimum Gasteiger partial charge on any atom is -0.444 e. The molecule has 2 rings (SSSR count). The summed E-state index contributed by atoms with van der Waals surface area (Å²) in [5, 5.41) is 3.36. The lowest BCUT2D eigenvalue weighted by molar-refractivity contribution is 0.433. The second-order valence-corrected chi connectivity index (χ2v) is 5.74. The van der Waals surface area contributed by atoms with Crippen LogP contribution < -0.4 is 5.32 Å². The van der Waals surface area contributed by atoms with E-state index in [0.29, 0.717) is 6.54 Å². The van der Waals surface area contributed by atoms with Crippen LogP contribution in [0.15, 0.2) is 16.5 Å². The number of aryl methyl sites for hydroxylation is 2. The molecule has 0 aliphatic carbocycles. The second kappa shape index (κ2) is 5.21. The van der Waals surface area contributed by atoms with E-state index in [1.54, 1.807) is 11.3 Å². The monoisotopic (exact) mass is 270 g/mol. The summed E-state index contributed by atoms with van der Waals surface area (Å²) in [7, 11) is 0. The molecule has 5 heteroatoms. The minimum absolute atomic E-state index is 0.250. The van der Waals surface area contributed by atoms with Crippen molar-refractivity contribution in [1.82, 2.24) is 10.3 Å². The fraction of sp³-hybridized carbons (Fsp3) is 0.417. The highest BCUT2D eigenvalue weighted by molar-refractivity contribution is 7.16. The molecule has 1 atom stereocenters. The molecule has 0 radical (unpaired) electrons. The third-order valence-corrected chi connectivity index (χ3v) is 4.07. The summed E-state index contributed by atoms with van der Waals surface area (Å²) in [5.41, 5.74) is 0.952. The van der Waals surface area contributed by atoms with E-state index in [2.05, 4.69) is 17.2 Å². The van der Waals surface area contributed by atoms with Gasteiger partial charge in [0.2, 0.25) is 5.89 Å². The molecule has 3 nitrogen and oxygen atoms in total. The SMILES string of the molecule is Cc1nc(CNC(C)c2ccc(Cl)s2)oc1C. The van der Waals surface area contributed by atoms with Crippen molar-refractivity contribution in [2.45, 2.75) is 33.4 Å². The van der Waals surface area contributed by atoms with Gasteiger partial charge in [-0.15, -0.1) is 11.3 Å². The topological polar surface area (TPSA) is 38.1 Å². The fourth-order valence-corrected chi connectivity index (χ4v) is 2.60. The van der Waals surface area contributed by atoms with E-state index in [4.69, 9.17) is 16.0 Å². The highest BCUT2D eigenvalue weighted by Gasteiger charge is 2.10. The zero-order valence-corrected chi connectivity index (χ0v) is 11.7. The molecule has 2 heterocycles. The first-order chi connectivity index (χ1) is 8.06. The first-order valence-electron chi connectivity index (χ1n) is 5.48. The van der Waals surface area contributed by atoms with Crippen LogP contribution in [0.5, 0.6) is 0 Å². The van der Waals surface area contributed by atoms with Gasteiger partial charge < -0.3 is 9.73 Å². The minimum atomic E-state index is 0.250. The van der Waals surface area contributed by atoms with Gasteiger partial charge in [-0.25, -0.2) is 4.98 Å². The first kappa shape index (κ1) is 12.6. The number of oxazole rings is 1. The predicted molar refractivity (Wildman–Crippen MR) is 70.6 cm³/mol. The van der Waals surface area contributed by atoms with Crippen molar-refractivity contribution in [1.29, 1.82) is 0 Å². The predicted octanol–water partition coefficient (Wildman–Crippen LogP) is 3.86. The third-order valence-electron chi connectivity index (χ3n) is 2.65. The average Bonchev–Trinajstić information content (AvgIpc) is 2.83. The van der Waals surface area contributed by atoms with Crippen LogP contribution in [0.1, 0.15) is 35.2 Å². The van der Waals surface area contributed by atoms with Gasteiger partial charge in [-0.3, -0.25) is 0 Å². The van der Waals surface area contributed by atoms with Crippen molar-refractivity contribution < 1.29 is 4.42 Å². The van der Waals surface area contributed by atoms with Crippen molar-refractivity contribution in [3.63, 3.8) is 0 Å². The van der Waals surface area contributed by atoms with Crippen LogP contribution in [0.3, 0.4) is 0 Å². The largest absolute Gasteiger partial charge is 0.444 e. The van der Waals surface area contributed by atoms with Crippen LogP contribution in [0.2, 0.25) is 4.34 Å². The summed E-state index contributed by atoms with van der Waals surface area (Å²) in [6, 6.07) is 4.20. The summed E-state index contributed by atoms with van der Waals surface area (Å²) in [6.07, 6.45) is 0. The second-order valence-electron chi connectivity index (χ2n) is 3.99. The molecule has 1 N–H and O–H groups in total. The first-order valence-corrected chi connectivity index (χ1v) is 6.67. The molecule has 0 aliphatic rings. The average molecular weight is 271 g/mol. The molecular formula is C12H15ClN2OS. The van der Waals surface area contributed by atoms with Gasteiger partial charge in [0.25, 0.3) is 0 Å². The summed E-state index contributed by atoms with van der Waals surface area (Å²) in [5.74, 6) is 1.61. The maximum Gasteiger partial charge on any atom is 0.208 e. The molecule has 2 aromatic heterocycles.